The minimum Gasteiger partial charge on any atom is -0.507 e. The van der Waals surface area contributed by atoms with E-state index in [0.717, 1.165) is 28.7 Å². The molecular weight excluding hydrogens is 390 g/mol. The first-order valence-corrected chi connectivity index (χ1v) is 11.9. The number of aromatic hydroxyl groups is 1. The maximum atomic E-state index is 11.6. The predicted molar refractivity (Wildman–Crippen MR) is 136 cm³/mol. The van der Waals surface area contributed by atoms with Gasteiger partial charge in [-0.15, -0.1) is 0 Å². The Bertz CT molecular complexity index is 1070. The van der Waals surface area contributed by atoms with Crippen LogP contribution in [0.2, 0.25) is 0 Å². The van der Waals surface area contributed by atoms with Gasteiger partial charge in [-0.2, -0.15) is 0 Å². The van der Waals surface area contributed by atoms with Gasteiger partial charge < -0.3 is 5.11 Å². The Morgan fingerprint density at radius 1 is 0.875 bits per heavy atom. The van der Waals surface area contributed by atoms with E-state index in [-0.39, 0.29) is 5.41 Å². The van der Waals surface area contributed by atoms with Crippen LogP contribution in [0.3, 0.4) is 0 Å². The first kappa shape index (κ1) is 22.3. The summed E-state index contributed by atoms with van der Waals surface area (Å²) in [6.07, 6.45) is 5.58. The van der Waals surface area contributed by atoms with Crippen molar-refractivity contribution in [1.29, 1.82) is 0 Å². The van der Waals surface area contributed by atoms with Crippen LogP contribution in [0.5, 0.6) is 5.75 Å². The van der Waals surface area contributed by atoms with E-state index in [2.05, 4.69) is 76.2 Å². The van der Waals surface area contributed by atoms with Gasteiger partial charge in [0, 0.05) is 22.8 Å². The Hall–Kier alpha value is -2.87. The zero-order chi connectivity index (χ0) is 22.7. The molecule has 4 rings (SSSR count). The highest BCUT2D eigenvalue weighted by Gasteiger charge is 2.29. The van der Waals surface area contributed by atoms with E-state index in [4.69, 9.17) is 4.99 Å². The number of phenolic OH excluding ortho intramolecular Hbond substituents is 1. The highest BCUT2D eigenvalue weighted by molar-refractivity contribution is 5.94. The molecule has 3 aromatic rings. The molecule has 0 heterocycles. The van der Waals surface area contributed by atoms with Crippen molar-refractivity contribution in [2.45, 2.75) is 58.4 Å². The molecule has 1 aliphatic carbocycles. The molecule has 1 N–H and O–H groups in total. The second-order valence-electron chi connectivity index (χ2n) is 9.89. The van der Waals surface area contributed by atoms with Crippen molar-refractivity contribution in [2.75, 3.05) is 0 Å². The average Bonchev–Trinajstić information content (AvgIpc) is 2.81. The topological polar surface area (TPSA) is 32.6 Å². The second kappa shape index (κ2) is 9.32. The van der Waals surface area contributed by atoms with Gasteiger partial charge in [-0.05, 0) is 34.9 Å². The summed E-state index contributed by atoms with van der Waals surface area (Å²) in [5.41, 5.74) is 4.73. The molecule has 1 aliphatic rings. The van der Waals surface area contributed by atoms with Crippen LogP contribution in [0.25, 0.3) is 11.1 Å². The van der Waals surface area contributed by atoms with Gasteiger partial charge >= 0.3 is 0 Å². The van der Waals surface area contributed by atoms with Crippen LogP contribution in [-0.4, -0.2) is 17.4 Å². The highest BCUT2D eigenvalue weighted by Crippen LogP contribution is 2.41. The molecule has 0 aromatic heterocycles. The molecule has 166 valence electrons. The number of hydrogen-bond donors (Lipinski definition) is 1. The fraction of sp³-hybridized carbons (Fsp3) is 0.367. The van der Waals surface area contributed by atoms with Crippen molar-refractivity contribution < 1.29 is 5.11 Å². The SMILES string of the molecule is CC1CCCC(N=Cc2c(-c3ccccc3)ccc(C(C)(C)c3ccccc3)c2O)C1C. The summed E-state index contributed by atoms with van der Waals surface area (Å²) in [4.78, 5) is 5.04. The number of nitrogens with zero attached hydrogens (tertiary/aromatic N) is 1. The summed E-state index contributed by atoms with van der Waals surface area (Å²) in [5, 5.41) is 11.6. The third-order valence-corrected chi connectivity index (χ3v) is 7.53. The van der Waals surface area contributed by atoms with Crippen LogP contribution in [0.15, 0.2) is 77.8 Å². The molecule has 3 atom stereocenters. The minimum absolute atomic E-state index is 0.313. The number of benzene rings is 3. The van der Waals surface area contributed by atoms with E-state index in [1.54, 1.807) is 0 Å². The molecule has 0 saturated heterocycles. The standard InChI is InChI=1S/C30H35NO/c1-21-12-11-17-28(22(21)2)31-20-26-25(23-13-7-5-8-14-23)18-19-27(29(26)32)30(3,4)24-15-9-6-10-16-24/h5-10,13-16,18-22,28,32H,11-12,17H2,1-4H3. The zero-order valence-electron chi connectivity index (χ0n) is 19.8. The zero-order valence-corrected chi connectivity index (χ0v) is 19.8. The highest BCUT2D eigenvalue weighted by atomic mass is 16.3. The summed E-state index contributed by atoms with van der Waals surface area (Å²) in [6.45, 7) is 9.00. The van der Waals surface area contributed by atoms with E-state index in [9.17, 15) is 5.11 Å². The lowest BCUT2D eigenvalue weighted by atomic mass is 9.76. The average molecular weight is 426 g/mol. The van der Waals surface area contributed by atoms with Crippen LogP contribution in [0.1, 0.15) is 63.6 Å². The van der Waals surface area contributed by atoms with Gasteiger partial charge in [-0.25, -0.2) is 0 Å². The van der Waals surface area contributed by atoms with Crippen LogP contribution in [0, 0.1) is 11.8 Å². The molecule has 3 aromatic carbocycles. The summed E-state index contributed by atoms with van der Waals surface area (Å²) in [7, 11) is 0. The fourth-order valence-electron chi connectivity index (χ4n) is 5.06. The van der Waals surface area contributed by atoms with Gasteiger partial charge in [0.1, 0.15) is 5.75 Å². The quantitative estimate of drug-likeness (QED) is 0.419. The van der Waals surface area contributed by atoms with E-state index < -0.39 is 0 Å². The number of hydrogen-bond acceptors (Lipinski definition) is 2. The second-order valence-corrected chi connectivity index (χ2v) is 9.89. The Morgan fingerprint density at radius 3 is 2.22 bits per heavy atom. The summed E-state index contributed by atoms with van der Waals surface area (Å²) < 4.78 is 0. The molecule has 32 heavy (non-hydrogen) atoms. The first-order chi connectivity index (χ1) is 15.4. The smallest absolute Gasteiger partial charge is 0.129 e. The maximum absolute atomic E-state index is 11.6. The lowest BCUT2D eigenvalue weighted by Crippen LogP contribution is -2.27. The number of rotatable bonds is 5. The van der Waals surface area contributed by atoms with Crippen LogP contribution in [-0.2, 0) is 5.41 Å². The van der Waals surface area contributed by atoms with Gasteiger partial charge in [0.15, 0.2) is 0 Å². The summed E-state index contributed by atoms with van der Waals surface area (Å²) in [5.74, 6) is 1.59. The van der Waals surface area contributed by atoms with Crippen LogP contribution < -0.4 is 0 Å². The largest absolute Gasteiger partial charge is 0.507 e. The van der Waals surface area contributed by atoms with Crippen molar-refractivity contribution >= 4 is 6.21 Å². The molecule has 1 fully saturated rings. The molecule has 0 bridgehead atoms. The number of aliphatic imine (C=N–C) groups is 1. The van der Waals surface area contributed by atoms with Crippen LogP contribution in [0.4, 0.5) is 0 Å². The van der Waals surface area contributed by atoms with E-state index in [1.807, 2.05) is 30.5 Å². The van der Waals surface area contributed by atoms with Gasteiger partial charge in [-0.3, -0.25) is 4.99 Å². The molecule has 0 aliphatic heterocycles. The Balaban J connectivity index is 1.81. The van der Waals surface area contributed by atoms with E-state index >= 15 is 0 Å². The molecule has 3 unspecified atom stereocenters. The fourth-order valence-corrected chi connectivity index (χ4v) is 5.06. The molecule has 2 nitrogen and oxygen atoms in total. The Labute approximate surface area is 193 Å². The Kier molecular flexibility index (Phi) is 6.50. The van der Waals surface area contributed by atoms with E-state index in [1.165, 1.54) is 18.4 Å². The predicted octanol–water partition coefficient (Wildman–Crippen LogP) is 7.63. The molecule has 0 radical (unpaired) electrons. The van der Waals surface area contributed by atoms with Gasteiger partial charge in [-0.1, -0.05) is 113 Å². The molecule has 0 amide bonds. The molecule has 2 heteroatoms. The molecular formula is C30H35NO. The Morgan fingerprint density at radius 2 is 1.53 bits per heavy atom. The monoisotopic (exact) mass is 425 g/mol. The number of phenols is 1. The van der Waals surface area contributed by atoms with Crippen molar-refractivity contribution in [1.82, 2.24) is 0 Å². The van der Waals surface area contributed by atoms with E-state index in [0.29, 0.717) is 23.6 Å². The van der Waals surface area contributed by atoms with Crippen molar-refractivity contribution in [3.05, 3.63) is 89.5 Å². The van der Waals surface area contributed by atoms with Gasteiger partial charge in [0.05, 0.1) is 6.04 Å². The lowest BCUT2D eigenvalue weighted by molar-refractivity contribution is 0.242. The molecule has 0 spiro atoms. The molecule has 1 saturated carbocycles. The van der Waals surface area contributed by atoms with Crippen molar-refractivity contribution in [3.8, 4) is 16.9 Å². The van der Waals surface area contributed by atoms with Gasteiger partial charge in [0.2, 0.25) is 0 Å². The third kappa shape index (κ3) is 4.37. The summed E-state index contributed by atoms with van der Waals surface area (Å²) >= 11 is 0. The summed E-state index contributed by atoms with van der Waals surface area (Å²) in [6, 6.07) is 25.2. The van der Waals surface area contributed by atoms with Crippen molar-refractivity contribution in [3.63, 3.8) is 0 Å². The maximum Gasteiger partial charge on any atom is 0.129 e. The third-order valence-electron chi connectivity index (χ3n) is 7.53. The first-order valence-electron chi connectivity index (χ1n) is 11.9. The van der Waals surface area contributed by atoms with Crippen molar-refractivity contribution in [2.24, 2.45) is 16.8 Å². The lowest BCUT2D eigenvalue weighted by Gasteiger charge is -2.31. The normalized spacial score (nSPS) is 21.7. The minimum atomic E-state index is -0.324. The van der Waals surface area contributed by atoms with Crippen LogP contribution >= 0.6 is 0 Å². The van der Waals surface area contributed by atoms with Gasteiger partial charge in [0.25, 0.3) is 0 Å².